The highest BCUT2D eigenvalue weighted by Crippen LogP contribution is 2.27. The molecule has 1 aliphatic heterocycles. The summed E-state index contributed by atoms with van der Waals surface area (Å²) in [5, 5.41) is 11.9. The molecule has 1 aromatic carbocycles. The van der Waals surface area contributed by atoms with Crippen LogP contribution in [0.4, 0.5) is 10.4 Å². The van der Waals surface area contributed by atoms with Gasteiger partial charge in [0.2, 0.25) is 11.8 Å². The third-order valence-corrected chi connectivity index (χ3v) is 7.93. The lowest BCUT2D eigenvalue weighted by molar-refractivity contribution is -0.121. The zero-order chi connectivity index (χ0) is 20.4. The maximum atomic E-state index is 13.0. The average Bonchev–Trinajstić information content (AvgIpc) is 3.41. The van der Waals surface area contributed by atoms with Crippen LogP contribution >= 0.6 is 11.3 Å². The number of hydrogen-bond donors (Lipinski definition) is 1. The summed E-state index contributed by atoms with van der Waals surface area (Å²) in [7, 11) is -3.50. The summed E-state index contributed by atoms with van der Waals surface area (Å²) >= 11 is 1.18. The van der Waals surface area contributed by atoms with Crippen LogP contribution in [-0.2, 0) is 14.8 Å². The number of halogens is 1. The molecule has 1 saturated heterocycles. The highest BCUT2D eigenvalue weighted by molar-refractivity contribution is 7.91. The first kappa shape index (κ1) is 19.7. The van der Waals surface area contributed by atoms with E-state index in [0.29, 0.717) is 22.6 Å². The van der Waals surface area contributed by atoms with Gasteiger partial charge in [0.25, 0.3) is 10.0 Å². The van der Waals surface area contributed by atoms with Crippen molar-refractivity contribution in [3.8, 4) is 11.5 Å². The van der Waals surface area contributed by atoms with Crippen LogP contribution in [0.3, 0.4) is 0 Å². The highest BCUT2D eigenvalue weighted by atomic mass is 32.2. The van der Waals surface area contributed by atoms with Gasteiger partial charge in [0.05, 0.1) is 0 Å². The molecule has 0 aliphatic carbocycles. The Morgan fingerprint density at radius 1 is 1.17 bits per heavy atom. The van der Waals surface area contributed by atoms with E-state index in [0.717, 1.165) is 0 Å². The van der Waals surface area contributed by atoms with Crippen LogP contribution in [0, 0.1) is 11.7 Å². The summed E-state index contributed by atoms with van der Waals surface area (Å²) in [4.78, 5) is 12.5. The van der Waals surface area contributed by atoms with E-state index in [1.165, 1.54) is 39.9 Å². The molecule has 0 spiro atoms. The molecule has 4 rings (SSSR count). The Balaban J connectivity index is 1.35. The molecule has 0 unspecified atom stereocenters. The molecule has 1 amide bonds. The van der Waals surface area contributed by atoms with E-state index in [9.17, 15) is 17.6 Å². The van der Waals surface area contributed by atoms with Crippen molar-refractivity contribution in [3.63, 3.8) is 0 Å². The Morgan fingerprint density at radius 2 is 1.90 bits per heavy atom. The fourth-order valence-corrected chi connectivity index (χ4v) is 5.70. The van der Waals surface area contributed by atoms with Gasteiger partial charge >= 0.3 is 6.01 Å². The molecule has 0 saturated carbocycles. The van der Waals surface area contributed by atoms with Crippen LogP contribution in [0.2, 0.25) is 0 Å². The summed E-state index contributed by atoms with van der Waals surface area (Å²) < 4.78 is 45.2. The molecule has 3 aromatic rings. The monoisotopic (exact) mass is 436 g/mol. The summed E-state index contributed by atoms with van der Waals surface area (Å²) in [6.45, 7) is 0.534. The van der Waals surface area contributed by atoms with Crippen LogP contribution in [0.5, 0.6) is 0 Å². The Morgan fingerprint density at radius 3 is 2.55 bits per heavy atom. The zero-order valence-electron chi connectivity index (χ0n) is 15.1. The predicted octanol–water partition coefficient (Wildman–Crippen LogP) is 2.98. The van der Waals surface area contributed by atoms with Crippen LogP contribution in [0.15, 0.2) is 50.4 Å². The van der Waals surface area contributed by atoms with Gasteiger partial charge in [-0.15, -0.1) is 16.4 Å². The zero-order valence-corrected chi connectivity index (χ0v) is 16.7. The fraction of sp³-hybridized carbons (Fsp3) is 0.278. The van der Waals surface area contributed by atoms with Gasteiger partial charge in [0, 0.05) is 24.6 Å². The second-order valence-corrected chi connectivity index (χ2v) is 9.63. The lowest BCUT2D eigenvalue weighted by atomic mass is 9.97. The Kier molecular flexibility index (Phi) is 5.43. The number of carbonyl (C=O) groups is 1. The van der Waals surface area contributed by atoms with Crippen molar-refractivity contribution in [3.05, 3.63) is 47.6 Å². The van der Waals surface area contributed by atoms with Crippen molar-refractivity contribution in [2.24, 2.45) is 5.92 Å². The molecule has 1 aliphatic rings. The second kappa shape index (κ2) is 8.01. The Hall–Kier alpha value is -2.63. The van der Waals surface area contributed by atoms with Crippen molar-refractivity contribution in [2.75, 3.05) is 18.4 Å². The molecule has 0 bridgehead atoms. The lowest BCUT2D eigenvalue weighted by Gasteiger charge is -2.29. The molecule has 0 atom stereocenters. The smallest absolute Gasteiger partial charge is 0.322 e. The molecule has 29 heavy (non-hydrogen) atoms. The number of hydrogen-bond acceptors (Lipinski definition) is 7. The summed E-state index contributed by atoms with van der Waals surface area (Å²) in [5.74, 6) is -0.871. The third-order valence-electron chi connectivity index (χ3n) is 4.66. The molecular formula is C18H17FN4O4S2. The molecule has 2 aromatic heterocycles. The lowest BCUT2D eigenvalue weighted by Crippen LogP contribution is -2.41. The third kappa shape index (κ3) is 4.21. The van der Waals surface area contributed by atoms with Gasteiger partial charge < -0.3 is 4.42 Å². The standard InChI is InChI=1S/C18H17FN4O4S2/c19-14-5-3-13(4-6-14)17-21-22-18(27-17)20-16(24)12-7-9-23(10-8-12)29(25,26)15-2-1-11-28-15/h1-6,11-12H,7-10H2,(H,20,22,24). The van der Waals surface area contributed by atoms with Crippen molar-refractivity contribution >= 4 is 33.3 Å². The number of carbonyl (C=O) groups excluding carboxylic acids is 1. The maximum absolute atomic E-state index is 13.0. The van der Waals surface area contributed by atoms with Crippen molar-refractivity contribution in [1.82, 2.24) is 14.5 Å². The number of amides is 1. The topological polar surface area (TPSA) is 105 Å². The van der Waals surface area contributed by atoms with Gasteiger partial charge in [-0.2, -0.15) is 4.31 Å². The first-order valence-electron chi connectivity index (χ1n) is 8.87. The van der Waals surface area contributed by atoms with E-state index in [-0.39, 0.29) is 42.6 Å². The summed E-state index contributed by atoms with van der Waals surface area (Å²) in [6.07, 6.45) is 0.796. The van der Waals surface area contributed by atoms with Crippen LogP contribution < -0.4 is 5.32 Å². The van der Waals surface area contributed by atoms with Gasteiger partial charge in [0.15, 0.2) is 0 Å². The quantitative estimate of drug-likeness (QED) is 0.659. The number of piperidine rings is 1. The fourth-order valence-electron chi connectivity index (χ4n) is 3.09. The Labute approximate surface area is 170 Å². The SMILES string of the molecule is O=C(Nc1nnc(-c2ccc(F)cc2)o1)C1CCN(S(=O)(=O)c2cccs2)CC1. The highest BCUT2D eigenvalue weighted by Gasteiger charge is 2.33. The number of nitrogens with one attached hydrogen (secondary N) is 1. The van der Waals surface area contributed by atoms with E-state index >= 15 is 0 Å². The van der Waals surface area contributed by atoms with Gasteiger partial charge in [0.1, 0.15) is 10.0 Å². The number of aromatic nitrogens is 2. The van der Waals surface area contributed by atoms with Gasteiger partial charge in [-0.1, -0.05) is 11.2 Å². The van der Waals surface area contributed by atoms with Crippen molar-refractivity contribution < 1.29 is 22.0 Å². The van der Waals surface area contributed by atoms with Gasteiger partial charge in [-0.25, -0.2) is 12.8 Å². The van der Waals surface area contributed by atoms with Crippen LogP contribution in [-0.4, -0.2) is 41.9 Å². The maximum Gasteiger partial charge on any atom is 0.322 e. The number of nitrogens with zero attached hydrogens (tertiary/aromatic N) is 3. The van der Waals surface area contributed by atoms with E-state index in [2.05, 4.69) is 15.5 Å². The molecule has 8 nitrogen and oxygen atoms in total. The van der Waals surface area contributed by atoms with E-state index in [4.69, 9.17) is 4.42 Å². The predicted molar refractivity (Wildman–Crippen MR) is 104 cm³/mol. The number of thiophene rings is 1. The second-order valence-electron chi connectivity index (χ2n) is 6.52. The van der Waals surface area contributed by atoms with Crippen LogP contribution in [0.25, 0.3) is 11.5 Å². The number of rotatable bonds is 5. The van der Waals surface area contributed by atoms with E-state index in [1.807, 2.05) is 0 Å². The molecule has 11 heteroatoms. The minimum atomic E-state index is -3.50. The van der Waals surface area contributed by atoms with Gasteiger partial charge in [-0.3, -0.25) is 10.1 Å². The molecular weight excluding hydrogens is 419 g/mol. The van der Waals surface area contributed by atoms with E-state index < -0.39 is 10.0 Å². The van der Waals surface area contributed by atoms with Crippen molar-refractivity contribution in [1.29, 1.82) is 0 Å². The molecule has 3 heterocycles. The summed E-state index contributed by atoms with van der Waals surface area (Å²) in [5.41, 5.74) is 0.534. The van der Waals surface area contributed by atoms with Crippen molar-refractivity contribution in [2.45, 2.75) is 17.1 Å². The molecule has 1 N–H and O–H groups in total. The number of anilines is 1. The number of sulfonamides is 1. The Bertz CT molecular complexity index is 1090. The largest absolute Gasteiger partial charge is 0.403 e. The first-order valence-corrected chi connectivity index (χ1v) is 11.2. The van der Waals surface area contributed by atoms with E-state index in [1.54, 1.807) is 17.5 Å². The molecule has 152 valence electrons. The minimum absolute atomic E-state index is 0.0528. The first-order chi connectivity index (χ1) is 13.9. The minimum Gasteiger partial charge on any atom is -0.403 e. The normalized spacial score (nSPS) is 16.0. The van der Waals surface area contributed by atoms with Gasteiger partial charge in [-0.05, 0) is 48.6 Å². The number of benzene rings is 1. The molecule has 1 fully saturated rings. The average molecular weight is 436 g/mol. The summed E-state index contributed by atoms with van der Waals surface area (Å²) in [6, 6.07) is 8.76. The molecule has 0 radical (unpaired) electrons. The van der Waals surface area contributed by atoms with Crippen LogP contribution in [0.1, 0.15) is 12.8 Å².